The Balaban J connectivity index is 1.48. The number of esters is 1. The maximum atomic E-state index is 12.2. The lowest BCUT2D eigenvalue weighted by atomic mass is 9.70. The predicted molar refractivity (Wildman–Crippen MR) is 117 cm³/mol. The van der Waals surface area contributed by atoms with E-state index in [1.54, 1.807) is 30.4 Å². The normalized spacial score (nSPS) is 34.7. The van der Waals surface area contributed by atoms with Crippen molar-refractivity contribution in [3.8, 4) is 0 Å². The molecule has 6 heteroatoms. The van der Waals surface area contributed by atoms with Gasteiger partial charge in [-0.25, -0.2) is 9.59 Å². The molecule has 0 aromatic heterocycles. The van der Waals surface area contributed by atoms with Crippen LogP contribution in [0.2, 0.25) is 0 Å². The Morgan fingerprint density at radius 2 is 1.74 bits per heavy atom. The molecule has 3 fully saturated rings. The highest BCUT2D eigenvalue weighted by Crippen LogP contribution is 2.59. The molecule has 3 aliphatic rings. The average molecular weight is 429 g/mol. The second-order valence-corrected chi connectivity index (χ2v) is 8.87. The average Bonchev–Trinajstić information content (AvgIpc) is 3.61. The first kappa shape index (κ1) is 23.2. The molecule has 0 radical (unpaired) electrons. The van der Waals surface area contributed by atoms with Gasteiger partial charge in [0, 0.05) is 18.1 Å². The van der Waals surface area contributed by atoms with E-state index in [2.05, 4.69) is 26.8 Å². The van der Waals surface area contributed by atoms with E-state index in [4.69, 9.17) is 19.3 Å². The second-order valence-electron chi connectivity index (χ2n) is 8.87. The van der Waals surface area contributed by atoms with E-state index in [0.29, 0.717) is 0 Å². The molecule has 2 heterocycles. The van der Waals surface area contributed by atoms with Gasteiger partial charge in [0.15, 0.2) is 0 Å². The van der Waals surface area contributed by atoms with E-state index in [1.807, 2.05) is 0 Å². The van der Waals surface area contributed by atoms with Crippen molar-refractivity contribution >= 4 is 11.9 Å². The van der Waals surface area contributed by atoms with Gasteiger partial charge < -0.3 is 19.3 Å². The molecule has 1 aliphatic carbocycles. The lowest BCUT2D eigenvalue weighted by molar-refractivity contribution is -0.147. The molecule has 168 valence electrons. The van der Waals surface area contributed by atoms with Gasteiger partial charge in [-0.2, -0.15) is 0 Å². The minimum absolute atomic E-state index is 0.0998. The first-order chi connectivity index (χ1) is 14.7. The summed E-state index contributed by atoms with van der Waals surface area (Å²) in [5.41, 5.74) is 0.976. The van der Waals surface area contributed by atoms with Crippen molar-refractivity contribution in [2.24, 2.45) is 5.92 Å². The molecule has 0 unspecified atom stereocenters. The molecule has 3 rings (SSSR count). The molecule has 2 saturated heterocycles. The van der Waals surface area contributed by atoms with Crippen LogP contribution in [0.5, 0.6) is 0 Å². The fraction of sp³-hybridized carbons (Fsp3) is 0.520. The predicted octanol–water partition coefficient (Wildman–Crippen LogP) is 4.29. The van der Waals surface area contributed by atoms with Crippen LogP contribution < -0.4 is 0 Å². The summed E-state index contributed by atoms with van der Waals surface area (Å²) >= 11 is 0. The molecular formula is C25H32O6. The Hall–Kier alpha value is -2.44. The number of hydrogen-bond donors (Lipinski definition) is 1. The van der Waals surface area contributed by atoms with Gasteiger partial charge in [-0.1, -0.05) is 48.1 Å². The van der Waals surface area contributed by atoms with Gasteiger partial charge in [-0.05, 0) is 46.5 Å². The van der Waals surface area contributed by atoms with Crippen LogP contribution in [0.4, 0.5) is 0 Å². The number of epoxide rings is 2. The fourth-order valence-electron chi connectivity index (χ4n) is 4.41. The van der Waals surface area contributed by atoms with Crippen LogP contribution in [0.15, 0.2) is 60.3 Å². The molecule has 0 aromatic rings. The van der Waals surface area contributed by atoms with Crippen molar-refractivity contribution in [1.82, 2.24) is 0 Å². The van der Waals surface area contributed by atoms with Crippen molar-refractivity contribution in [3.63, 3.8) is 0 Å². The first-order valence-electron chi connectivity index (χ1n) is 10.8. The number of ether oxygens (including phenoxy) is 3. The highest BCUT2D eigenvalue weighted by Gasteiger charge is 2.68. The molecule has 1 N–H and O–H groups in total. The zero-order valence-electron chi connectivity index (χ0n) is 18.5. The molecule has 2 aliphatic heterocycles. The maximum absolute atomic E-state index is 12.2. The molecule has 5 atom stereocenters. The SMILES string of the molecule is CC(C)=CC[C@@H]1O[C@@]1(C)[C@H]1C[C@H](OC(=O)/C=C/C=C/C=C/C=C/C(=O)O)CC[C@]12CO2. The summed E-state index contributed by atoms with van der Waals surface area (Å²) in [5, 5.41) is 8.49. The Bertz CT molecular complexity index is 825. The van der Waals surface area contributed by atoms with Crippen LogP contribution >= 0.6 is 0 Å². The summed E-state index contributed by atoms with van der Waals surface area (Å²) in [7, 11) is 0. The Kier molecular flexibility index (Phi) is 7.34. The van der Waals surface area contributed by atoms with Gasteiger partial charge in [0.1, 0.15) is 6.10 Å². The summed E-state index contributed by atoms with van der Waals surface area (Å²) in [5.74, 6) is -1.13. The molecule has 1 saturated carbocycles. The standard InChI is InChI=1S/C25H32O6/c1-18(2)12-13-21-24(3,31-21)20-16-19(14-15-25(20)17-29-25)30-23(28)11-9-7-5-4-6-8-10-22(26)27/h4-12,19-21H,13-17H2,1-3H3,(H,26,27)/b6-4+,7-5+,10-8+,11-9+/t19-,20-,21+,24+,25+/m1/s1. The van der Waals surface area contributed by atoms with E-state index in [0.717, 1.165) is 38.4 Å². The molecule has 0 amide bonds. The summed E-state index contributed by atoms with van der Waals surface area (Å²) in [6.45, 7) is 7.12. The van der Waals surface area contributed by atoms with E-state index in [9.17, 15) is 9.59 Å². The van der Waals surface area contributed by atoms with Crippen LogP contribution in [0.25, 0.3) is 0 Å². The van der Waals surface area contributed by atoms with Gasteiger partial charge in [-0.3, -0.25) is 0 Å². The van der Waals surface area contributed by atoms with Gasteiger partial charge in [0.05, 0.1) is 23.9 Å². The third-order valence-electron chi connectivity index (χ3n) is 6.26. The zero-order chi connectivity index (χ0) is 22.5. The van der Waals surface area contributed by atoms with Gasteiger partial charge in [-0.15, -0.1) is 0 Å². The third kappa shape index (κ3) is 6.28. The number of allylic oxidation sites excluding steroid dienone is 7. The summed E-state index contributed by atoms with van der Waals surface area (Å²) in [6, 6.07) is 0. The molecular weight excluding hydrogens is 396 g/mol. The highest BCUT2D eigenvalue weighted by atomic mass is 16.6. The largest absolute Gasteiger partial charge is 0.478 e. The van der Waals surface area contributed by atoms with Gasteiger partial charge >= 0.3 is 11.9 Å². The molecule has 0 aromatic carbocycles. The molecule has 6 nitrogen and oxygen atoms in total. The zero-order valence-corrected chi connectivity index (χ0v) is 18.5. The summed E-state index contributed by atoms with van der Waals surface area (Å²) < 4.78 is 17.7. The Morgan fingerprint density at radius 1 is 1.10 bits per heavy atom. The lowest BCUT2D eigenvalue weighted by Gasteiger charge is -2.36. The van der Waals surface area contributed by atoms with Crippen LogP contribution in [-0.2, 0) is 23.8 Å². The van der Waals surface area contributed by atoms with Gasteiger partial charge in [0.25, 0.3) is 0 Å². The number of rotatable bonds is 9. The van der Waals surface area contributed by atoms with Crippen LogP contribution in [-0.4, -0.2) is 47.1 Å². The van der Waals surface area contributed by atoms with E-state index >= 15 is 0 Å². The Morgan fingerprint density at radius 3 is 2.35 bits per heavy atom. The Labute approximate surface area is 183 Å². The molecule has 0 bridgehead atoms. The highest BCUT2D eigenvalue weighted by molar-refractivity contribution is 5.82. The maximum Gasteiger partial charge on any atom is 0.331 e. The minimum atomic E-state index is -0.994. The minimum Gasteiger partial charge on any atom is -0.478 e. The van der Waals surface area contributed by atoms with Crippen molar-refractivity contribution in [1.29, 1.82) is 0 Å². The smallest absolute Gasteiger partial charge is 0.331 e. The van der Waals surface area contributed by atoms with Crippen molar-refractivity contribution in [2.75, 3.05) is 6.61 Å². The number of carbonyl (C=O) groups is 2. The number of hydrogen-bond acceptors (Lipinski definition) is 5. The topological polar surface area (TPSA) is 88.7 Å². The van der Waals surface area contributed by atoms with Crippen LogP contribution in [0, 0.1) is 5.92 Å². The quantitative estimate of drug-likeness (QED) is 0.194. The van der Waals surface area contributed by atoms with Crippen LogP contribution in [0.1, 0.15) is 46.5 Å². The van der Waals surface area contributed by atoms with E-state index in [-0.39, 0.29) is 35.3 Å². The number of aliphatic carboxylic acids is 1. The second kappa shape index (κ2) is 9.79. The first-order valence-corrected chi connectivity index (χ1v) is 10.8. The molecule has 31 heavy (non-hydrogen) atoms. The van der Waals surface area contributed by atoms with Gasteiger partial charge in [0.2, 0.25) is 0 Å². The lowest BCUT2D eigenvalue weighted by Crippen LogP contribution is -2.44. The van der Waals surface area contributed by atoms with Crippen molar-refractivity contribution in [3.05, 3.63) is 60.3 Å². The monoisotopic (exact) mass is 428 g/mol. The van der Waals surface area contributed by atoms with Crippen molar-refractivity contribution < 1.29 is 28.9 Å². The van der Waals surface area contributed by atoms with E-state index in [1.165, 1.54) is 17.7 Å². The number of carboxylic acid groups (broad SMARTS) is 1. The van der Waals surface area contributed by atoms with E-state index < -0.39 is 5.97 Å². The number of carbonyl (C=O) groups excluding carboxylic acids is 1. The summed E-state index contributed by atoms with van der Waals surface area (Å²) in [4.78, 5) is 22.5. The summed E-state index contributed by atoms with van der Waals surface area (Å²) in [6.07, 6.45) is 17.8. The molecule has 1 spiro atoms. The third-order valence-corrected chi connectivity index (χ3v) is 6.26. The van der Waals surface area contributed by atoms with Crippen LogP contribution in [0.3, 0.4) is 0 Å². The fourth-order valence-corrected chi connectivity index (χ4v) is 4.41. The van der Waals surface area contributed by atoms with Crippen molar-refractivity contribution in [2.45, 2.75) is 69.9 Å². The number of carboxylic acids is 1.